The van der Waals surface area contributed by atoms with Gasteiger partial charge in [0.25, 0.3) is 0 Å². The summed E-state index contributed by atoms with van der Waals surface area (Å²) in [6.45, 7) is 1.64. The van der Waals surface area contributed by atoms with Gasteiger partial charge in [-0.2, -0.15) is 0 Å². The van der Waals surface area contributed by atoms with Crippen LogP contribution in [0.3, 0.4) is 0 Å². The van der Waals surface area contributed by atoms with Crippen LogP contribution >= 0.6 is 0 Å². The van der Waals surface area contributed by atoms with Gasteiger partial charge in [-0.25, -0.2) is 10.3 Å². The highest BCUT2D eigenvalue weighted by Crippen LogP contribution is 2.16. The third-order valence-electron chi connectivity index (χ3n) is 1.82. The zero-order valence-electron chi connectivity index (χ0n) is 7.33. The SMILES string of the molecule is Cc1cc(C(O)CON)ccc1F. The summed E-state index contributed by atoms with van der Waals surface area (Å²) in [6, 6.07) is 4.38. The molecule has 3 N–H and O–H groups in total. The molecule has 72 valence electrons. The molecule has 0 aliphatic carbocycles. The van der Waals surface area contributed by atoms with E-state index in [4.69, 9.17) is 5.90 Å². The van der Waals surface area contributed by atoms with Crippen molar-refractivity contribution in [2.24, 2.45) is 5.90 Å². The van der Waals surface area contributed by atoms with Crippen LogP contribution in [0.25, 0.3) is 0 Å². The van der Waals surface area contributed by atoms with Gasteiger partial charge in [0.2, 0.25) is 0 Å². The summed E-state index contributed by atoms with van der Waals surface area (Å²) >= 11 is 0. The third-order valence-corrected chi connectivity index (χ3v) is 1.82. The molecule has 0 radical (unpaired) electrons. The van der Waals surface area contributed by atoms with Crippen LogP contribution in [0.5, 0.6) is 0 Å². The van der Waals surface area contributed by atoms with E-state index in [9.17, 15) is 9.50 Å². The van der Waals surface area contributed by atoms with E-state index < -0.39 is 6.10 Å². The fraction of sp³-hybridized carbons (Fsp3) is 0.333. The van der Waals surface area contributed by atoms with Gasteiger partial charge in [0.15, 0.2) is 0 Å². The van der Waals surface area contributed by atoms with Crippen molar-refractivity contribution < 1.29 is 14.3 Å². The molecule has 0 amide bonds. The summed E-state index contributed by atoms with van der Waals surface area (Å²) in [5.41, 5.74) is 1.10. The maximum Gasteiger partial charge on any atom is 0.126 e. The Hall–Kier alpha value is -0.970. The summed E-state index contributed by atoms with van der Waals surface area (Å²) in [4.78, 5) is 4.28. The number of aliphatic hydroxyl groups excluding tert-OH is 1. The van der Waals surface area contributed by atoms with Gasteiger partial charge in [-0.15, -0.1) is 0 Å². The van der Waals surface area contributed by atoms with Crippen LogP contribution in [0.4, 0.5) is 4.39 Å². The average molecular weight is 185 g/mol. The minimum atomic E-state index is -0.802. The first-order chi connectivity index (χ1) is 6.15. The van der Waals surface area contributed by atoms with Gasteiger partial charge in [-0.3, -0.25) is 0 Å². The summed E-state index contributed by atoms with van der Waals surface area (Å²) in [5, 5.41) is 9.41. The number of aliphatic hydroxyl groups is 1. The number of rotatable bonds is 3. The largest absolute Gasteiger partial charge is 0.386 e. The number of halogens is 1. The Labute approximate surface area is 75.9 Å². The molecule has 3 nitrogen and oxygen atoms in total. The second-order valence-electron chi connectivity index (χ2n) is 2.86. The summed E-state index contributed by atoms with van der Waals surface area (Å²) < 4.78 is 12.8. The molecule has 0 heterocycles. The van der Waals surface area contributed by atoms with E-state index in [0.717, 1.165) is 0 Å². The fourth-order valence-electron chi connectivity index (χ4n) is 1.06. The van der Waals surface area contributed by atoms with E-state index in [1.165, 1.54) is 12.1 Å². The first-order valence-electron chi connectivity index (χ1n) is 3.91. The molecule has 0 bridgehead atoms. The van der Waals surface area contributed by atoms with Crippen molar-refractivity contribution in [2.45, 2.75) is 13.0 Å². The van der Waals surface area contributed by atoms with Crippen LogP contribution in [-0.4, -0.2) is 11.7 Å². The number of nitrogens with two attached hydrogens (primary N) is 1. The van der Waals surface area contributed by atoms with Crippen LogP contribution in [0.2, 0.25) is 0 Å². The van der Waals surface area contributed by atoms with Crippen LogP contribution < -0.4 is 5.90 Å². The molecule has 1 unspecified atom stereocenters. The second kappa shape index (κ2) is 4.32. The molecule has 0 fully saturated rings. The normalized spacial score (nSPS) is 12.9. The Morgan fingerprint density at radius 3 is 2.85 bits per heavy atom. The van der Waals surface area contributed by atoms with Crippen molar-refractivity contribution in [1.29, 1.82) is 0 Å². The van der Waals surface area contributed by atoms with Gasteiger partial charge < -0.3 is 9.94 Å². The highest BCUT2D eigenvalue weighted by Gasteiger charge is 2.08. The number of hydrogen-bond acceptors (Lipinski definition) is 3. The second-order valence-corrected chi connectivity index (χ2v) is 2.86. The van der Waals surface area contributed by atoms with E-state index in [1.54, 1.807) is 13.0 Å². The Bertz CT molecular complexity index is 291. The number of hydrogen-bond donors (Lipinski definition) is 2. The van der Waals surface area contributed by atoms with Crippen LogP contribution in [-0.2, 0) is 4.84 Å². The Balaban J connectivity index is 2.84. The zero-order chi connectivity index (χ0) is 9.84. The average Bonchev–Trinajstić information content (AvgIpc) is 2.10. The molecule has 1 rings (SSSR count). The monoisotopic (exact) mass is 185 g/mol. The maximum absolute atomic E-state index is 12.8. The molecule has 0 aliphatic heterocycles. The van der Waals surface area contributed by atoms with Crippen molar-refractivity contribution in [3.63, 3.8) is 0 Å². The number of aryl methyl sites for hydroxylation is 1. The molecular formula is C9H12FNO2. The lowest BCUT2D eigenvalue weighted by Gasteiger charge is -2.09. The molecule has 1 aromatic rings. The Kier molecular flexibility index (Phi) is 3.36. The highest BCUT2D eigenvalue weighted by atomic mass is 19.1. The van der Waals surface area contributed by atoms with Crippen molar-refractivity contribution in [1.82, 2.24) is 0 Å². The van der Waals surface area contributed by atoms with Gasteiger partial charge in [-0.05, 0) is 24.1 Å². The van der Waals surface area contributed by atoms with E-state index in [-0.39, 0.29) is 12.4 Å². The van der Waals surface area contributed by atoms with Crippen molar-refractivity contribution in [3.8, 4) is 0 Å². The van der Waals surface area contributed by atoms with Gasteiger partial charge >= 0.3 is 0 Å². The lowest BCUT2D eigenvalue weighted by Crippen LogP contribution is -2.11. The van der Waals surface area contributed by atoms with Crippen LogP contribution in [0.15, 0.2) is 18.2 Å². The zero-order valence-corrected chi connectivity index (χ0v) is 7.33. The topological polar surface area (TPSA) is 55.5 Å². The molecular weight excluding hydrogens is 173 g/mol. The van der Waals surface area contributed by atoms with Gasteiger partial charge in [0.05, 0.1) is 6.61 Å². The molecule has 0 saturated carbocycles. The standard InChI is InChI=1S/C9H12FNO2/c1-6-4-7(2-3-8(6)10)9(12)5-13-11/h2-4,9,12H,5,11H2,1H3. The highest BCUT2D eigenvalue weighted by molar-refractivity contribution is 5.25. The van der Waals surface area contributed by atoms with E-state index in [0.29, 0.717) is 11.1 Å². The minimum absolute atomic E-state index is 0.00503. The van der Waals surface area contributed by atoms with Gasteiger partial charge in [-0.1, -0.05) is 12.1 Å². The molecule has 0 aliphatic rings. The lowest BCUT2D eigenvalue weighted by molar-refractivity contribution is 0.0358. The molecule has 0 spiro atoms. The first kappa shape index (κ1) is 10.1. The van der Waals surface area contributed by atoms with E-state index >= 15 is 0 Å². The van der Waals surface area contributed by atoms with Gasteiger partial charge in [0, 0.05) is 0 Å². The maximum atomic E-state index is 12.8. The molecule has 0 saturated heterocycles. The minimum Gasteiger partial charge on any atom is -0.386 e. The molecule has 0 aromatic heterocycles. The number of benzene rings is 1. The Morgan fingerprint density at radius 1 is 1.62 bits per heavy atom. The predicted octanol–water partition coefficient (Wildman–Crippen LogP) is 1.06. The van der Waals surface area contributed by atoms with Crippen molar-refractivity contribution in [2.75, 3.05) is 6.61 Å². The molecule has 13 heavy (non-hydrogen) atoms. The smallest absolute Gasteiger partial charge is 0.126 e. The molecule has 4 heteroatoms. The molecule has 1 aromatic carbocycles. The van der Waals surface area contributed by atoms with E-state index in [1.807, 2.05) is 0 Å². The fourth-order valence-corrected chi connectivity index (χ4v) is 1.06. The predicted molar refractivity (Wildman–Crippen MR) is 46.2 cm³/mol. The molecule has 1 atom stereocenters. The van der Waals surface area contributed by atoms with Crippen LogP contribution in [0, 0.1) is 12.7 Å². The van der Waals surface area contributed by atoms with E-state index in [2.05, 4.69) is 4.84 Å². The summed E-state index contributed by atoms with van der Waals surface area (Å²) in [6.07, 6.45) is -0.802. The Morgan fingerprint density at radius 2 is 2.31 bits per heavy atom. The first-order valence-corrected chi connectivity index (χ1v) is 3.91. The summed E-state index contributed by atoms with van der Waals surface area (Å²) in [5.74, 6) is 4.51. The van der Waals surface area contributed by atoms with Crippen molar-refractivity contribution >= 4 is 0 Å². The van der Waals surface area contributed by atoms with Crippen LogP contribution in [0.1, 0.15) is 17.2 Å². The van der Waals surface area contributed by atoms with Crippen molar-refractivity contribution in [3.05, 3.63) is 35.1 Å². The van der Waals surface area contributed by atoms with Gasteiger partial charge in [0.1, 0.15) is 11.9 Å². The third kappa shape index (κ3) is 2.48. The summed E-state index contributed by atoms with van der Waals surface area (Å²) in [7, 11) is 0. The lowest BCUT2D eigenvalue weighted by atomic mass is 10.1. The quantitative estimate of drug-likeness (QED) is 0.692.